The van der Waals surface area contributed by atoms with Crippen molar-refractivity contribution in [3.05, 3.63) is 46.4 Å². The Balaban J connectivity index is 1.70. The van der Waals surface area contributed by atoms with Crippen LogP contribution in [0.5, 0.6) is 5.75 Å². The summed E-state index contributed by atoms with van der Waals surface area (Å²) in [6, 6.07) is 7.38. The molecule has 7 nitrogen and oxygen atoms in total. The minimum absolute atomic E-state index is 0.171. The van der Waals surface area contributed by atoms with E-state index in [1.165, 1.54) is 7.11 Å². The molecule has 1 unspecified atom stereocenters. The van der Waals surface area contributed by atoms with E-state index in [0.29, 0.717) is 23.1 Å². The van der Waals surface area contributed by atoms with Crippen LogP contribution in [-0.2, 0) is 22.7 Å². The fourth-order valence-corrected chi connectivity index (χ4v) is 2.69. The smallest absolute Gasteiger partial charge is 0.249 e. The van der Waals surface area contributed by atoms with Gasteiger partial charge < -0.3 is 24.3 Å². The van der Waals surface area contributed by atoms with Gasteiger partial charge in [0.15, 0.2) is 5.76 Å². The number of aromatic amines is 1. The molecule has 0 aliphatic carbocycles. The number of H-pyrrole nitrogens is 1. The first kappa shape index (κ1) is 18.3. The van der Waals surface area contributed by atoms with Crippen LogP contribution >= 0.6 is 11.6 Å². The summed E-state index contributed by atoms with van der Waals surface area (Å²) in [5, 5.41) is 8.06. The summed E-state index contributed by atoms with van der Waals surface area (Å²) in [6.07, 6.45) is -0.492. The Bertz CT molecular complexity index is 918. The molecule has 1 aromatic carbocycles. The molecule has 0 aliphatic rings. The molecule has 2 N–H and O–H groups in total. The number of ether oxygens (including phenoxy) is 2. The van der Waals surface area contributed by atoms with Crippen LogP contribution in [-0.4, -0.2) is 29.3 Å². The van der Waals surface area contributed by atoms with Gasteiger partial charge in [0.25, 0.3) is 0 Å². The minimum atomic E-state index is -0.492. The number of nitrogens with zero attached hydrogens (tertiary/aromatic N) is 1. The van der Waals surface area contributed by atoms with E-state index in [-0.39, 0.29) is 12.5 Å². The Labute approximate surface area is 155 Å². The number of halogens is 1. The van der Waals surface area contributed by atoms with Crippen LogP contribution in [0.1, 0.15) is 24.1 Å². The predicted octanol–water partition coefficient (Wildman–Crippen LogP) is 3.35. The number of aryl methyl sites for hydroxylation is 1. The van der Waals surface area contributed by atoms with Gasteiger partial charge in [0, 0.05) is 35.8 Å². The van der Waals surface area contributed by atoms with Gasteiger partial charge in [0.05, 0.1) is 17.3 Å². The molecular weight excluding hydrogens is 358 g/mol. The van der Waals surface area contributed by atoms with Gasteiger partial charge in [0.2, 0.25) is 5.91 Å². The lowest BCUT2D eigenvalue weighted by molar-refractivity contribution is -0.130. The largest absolute Gasteiger partial charge is 0.484 e. The minimum Gasteiger partial charge on any atom is -0.484 e. The first-order chi connectivity index (χ1) is 12.5. The van der Waals surface area contributed by atoms with Crippen LogP contribution in [0.3, 0.4) is 0 Å². The Morgan fingerprint density at radius 1 is 1.38 bits per heavy atom. The second-order valence-corrected chi connectivity index (χ2v) is 6.39. The van der Waals surface area contributed by atoms with E-state index in [1.807, 2.05) is 31.2 Å². The molecule has 0 aliphatic heterocycles. The average molecular weight is 378 g/mol. The van der Waals surface area contributed by atoms with Gasteiger partial charge in [-0.05, 0) is 26.0 Å². The van der Waals surface area contributed by atoms with Crippen LogP contribution < -0.4 is 10.1 Å². The van der Waals surface area contributed by atoms with E-state index in [9.17, 15) is 4.79 Å². The van der Waals surface area contributed by atoms with Crippen LogP contribution in [0, 0.1) is 6.92 Å². The molecule has 0 saturated heterocycles. The number of aromatic nitrogens is 2. The van der Waals surface area contributed by atoms with Gasteiger partial charge in [-0.15, -0.1) is 0 Å². The number of hydrogen-bond acceptors (Lipinski definition) is 5. The van der Waals surface area contributed by atoms with E-state index >= 15 is 0 Å². The summed E-state index contributed by atoms with van der Waals surface area (Å²) in [7, 11) is 1.50. The number of carbonyl (C=O) groups excluding carboxylic acids is 1. The molecule has 1 amide bonds. The Morgan fingerprint density at radius 3 is 2.88 bits per heavy atom. The second-order valence-electron chi connectivity index (χ2n) is 5.98. The molecular formula is C18H20ClN3O4. The van der Waals surface area contributed by atoms with Crippen molar-refractivity contribution in [1.82, 2.24) is 15.5 Å². The Kier molecular flexibility index (Phi) is 5.49. The summed E-state index contributed by atoms with van der Waals surface area (Å²) in [5.74, 6) is 0.995. The zero-order chi connectivity index (χ0) is 18.7. The molecule has 138 valence electrons. The van der Waals surface area contributed by atoms with Crippen LogP contribution in [0.2, 0.25) is 5.02 Å². The van der Waals surface area contributed by atoms with Crippen molar-refractivity contribution >= 4 is 28.4 Å². The molecule has 0 spiro atoms. The van der Waals surface area contributed by atoms with Crippen LogP contribution in [0.25, 0.3) is 10.9 Å². The number of nitrogens with one attached hydrogen (secondary N) is 2. The lowest BCUT2D eigenvalue weighted by Gasteiger charge is -2.09. The summed E-state index contributed by atoms with van der Waals surface area (Å²) < 4.78 is 15.8. The fraction of sp³-hybridized carbons (Fsp3) is 0.333. The Hall–Kier alpha value is -2.51. The molecule has 2 heterocycles. The lowest BCUT2D eigenvalue weighted by Crippen LogP contribution is -2.33. The monoisotopic (exact) mass is 377 g/mol. The quantitative estimate of drug-likeness (QED) is 0.659. The van der Waals surface area contributed by atoms with E-state index in [2.05, 4.69) is 15.5 Å². The highest BCUT2D eigenvalue weighted by Gasteiger charge is 2.13. The molecule has 3 aromatic rings. The molecule has 0 saturated carbocycles. The summed E-state index contributed by atoms with van der Waals surface area (Å²) >= 11 is 6.30. The third-order valence-electron chi connectivity index (χ3n) is 3.95. The zero-order valence-electron chi connectivity index (χ0n) is 14.8. The zero-order valence-corrected chi connectivity index (χ0v) is 15.5. The SMILES string of the molecule is COC(C)C(=O)NCc1cc2cc(Cl)c(OCc3cc(C)no3)cc2[nH]1. The number of methoxy groups -OCH3 is 1. The lowest BCUT2D eigenvalue weighted by atomic mass is 10.2. The van der Waals surface area contributed by atoms with Crippen molar-refractivity contribution in [3.8, 4) is 5.75 Å². The topological polar surface area (TPSA) is 89.4 Å². The highest BCUT2D eigenvalue weighted by molar-refractivity contribution is 6.32. The van der Waals surface area contributed by atoms with E-state index in [0.717, 1.165) is 22.3 Å². The van der Waals surface area contributed by atoms with Gasteiger partial charge >= 0.3 is 0 Å². The van der Waals surface area contributed by atoms with E-state index in [4.69, 9.17) is 25.6 Å². The number of carbonyl (C=O) groups is 1. The van der Waals surface area contributed by atoms with Gasteiger partial charge in [-0.1, -0.05) is 16.8 Å². The van der Waals surface area contributed by atoms with Crippen molar-refractivity contribution < 1.29 is 18.8 Å². The van der Waals surface area contributed by atoms with Crippen molar-refractivity contribution in [2.24, 2.45) is 0 Å². The van der Waals surface area contributed by atoms with Crippen LogP contribution in [0.4, 0.5) is 0 Å². The average Bonchev–Trinajstić information content (AvgIpc) is 3.22. The molecule has 0 fully saturated rings. The third-order valence-corrected chi connectivity index (χ3v) is 4.25. The van der Waals surface area contributed by atoms with E-state index < -0.39 is 6.10 Å². The molecule has 0 radical (unpaired) electrons. The summed E-state index contributed by atoms with van der Waals surface area (Å²) in [5.41, 5.74) is 2.52. The Morgan fingerprint density at radius 2 is 2.19 bits per heavy atom. The number of amides is 1. The van der Waals surface area contributed by atoms with Crippen molar-refractivity contribution in [2.75, 3.05) is 7.11 Å². The molecule has 8 heteroatoms. The maximum Gasteiger partial charge on any atom is 0.249 e. The molecule has 2 aromatic heterocycles. The van der Waals surface area contributed by atoms with Gasteiger partial charge in [0.1, 0.15) is 18.5 Å². The van der Waals surface area contributed by atoms with Crippen molar-refractivity contribution in [2.45, 2.75) is 33.1 Å². The number of rotatable bonds is 7. The highest BCUT2D eigenvalue weighted by atomic mass is 35.5. The first-order valence-corrected chi connectivity index (χ1v) is 8.50. The predicted molar refractivity (Wildman–Crippen MR) is 97.2 cm³/mol. The maximum absolute atomic E-state index is 11.8. The number of hydrogen-bond donors (Lipinski definition) is 2. The molecule has 1 atom stereocenters. The maximum atomic E-state index is 11.8. The highest BCUT2D eigenvalue weighted by Crippen LogP contribution is 2.31. The van der Waals surface area contributed by atoms with E-state index in [1.54, 1.807) is 6.92 Å². The first-order valence-electron chi connectivity index (χ1n) is 8.13. The molecule has 3 rings (SSSR count). The van der Waals surface area contributed by atoms with Crippen LogP contribution in [0.15, 0.2) is 28.8 Å². The second kappa shape index (κ2) is 7.80. The normalized spacial score (nSPS) is 12.3. The molecule has 0 bridgehead atoms. The number of benzene rings is 1. The van der Waals surface area contributed by atoms with Crippen molar-refractivity contribution in [1.29, 1.82) is 0 Å². The van der Waals surface area contributed by atoms with Gasteiger partial charge in [-0.25, -0.2) is 0 Å². The fourth-order valence-electron chi connectivity index (χ4n) is 2.47. The van der Waals surface area contributed by atoms with Gasteiger partial charge in [-0.2, -0.15) is 0 Å². The standard InChI is InChI=1S/C18H20ClN3O4/c1-10-4-14(26-22-10)9-25-17-7-16-12(6-15(17)19)5-13(21-16)8-20-18(23)11(2)24-3/h4-7,11,21H,8-9H2,1-3H3,(H,20,23). The molecule has 26 heavy (non-hydrogen) atoms. The summed E-state index contributed by atoms with van der Waals surface area (Å²) in [6.45, 7) is 4.15. The number of fused-ring (bicyclic) bond motifs is 1. The summed E-state index contributed by atoms with van der Waals surface area (Å²) in [4.78, 5) is 15.0. The third kappa shape index (κ3) is 4.17. The van der Waals surface area contributed by atoms with Crippen molar-refractivity contribution in [3.63, 3.8) is 0 Å². The van der Waals surface area contributed by atoms with Gasteiger partial charge in [-0.3, -0.25) is 4.79 Å².